The van der Waals surface area contributed by atoms with Crippen LogP contribution in [0, 0.1) is 6.92 Å². The summed E-state index contributed by atoms with van der Waals surface area (Å²) in [6, 6.07) is 1.66. The van der Waals surface area contributed by atoms with Gasteiger partial charge in [-0.1, -0.05) is 32.0 Å². The van der Waals surface area contributed by atoms with Crippen LogP contribution in [0.25, 0.3) is 0 Å². The third-order valence-electron chi connectivity index (χ3n) is 2.66. The molecule has 0 atom stereocenters. The maximum Gasteiger partial charge on any atom is 0.185 e. The Kier molecular flexibility index (Phi) is 3.58. The van der Waals surface area contributed by atoms with Crippen LogP contribution >= 0.6 is 0 Å². The van der Waals surface area contributed by atoms with E-state index in [1.165, 1.54) is 6.08 Å². The van der Waals surface area contributed by atoms with Crippen LogP contribution < -0.4 is 5.46 Å². The molecule has 16 heavy (non-hydrogen) atoms. The van der Waals surface area contributed by atoms with Crippen LogP contribution in [0.3, 0.4) is 0 Å². The van der Waals surface area contributed by atoms with Crippen LogP contribution in [0.1, 0.15) is 41.3 Å². The molecule has 1 rings (SSSR count). The lowest BCUT2D eigenvalue weighted by Crippen LogP contribution is -2.18. The second kappa shape index (κ2) is 4.56. The van der Waals surface area contributed by atoms with Gasteiger partial charge in [0.05, 0.1) is 0 Å². The lowest BCUT2D eigenvalue weighted by Gasteiger charge is -2.16. The summed E-state index contributed by atoms with van der Waals surface area (Å²) in [5.41, 5.74) is 2.02. The van der Waals surface area contributed by atoms with Crippen molar-refractivity contribution in [1.82, 2.24) is 0 Å². The fourth-order valence-electron chi connectivity index (χ4n) is 1.73. The first-order valence-corrected chi connectivity index (χ1v) is 5.18. The summed E-state index contributed by atoms with van der Waals surface area (Å²) in [4.78, 5) is 11.6. The topological polar surface area (TPSA) is 37.3 Å². The molecule has 0 heterocycles. The highest BCUT2D eigenvalue weighted by molar-refractivity contribution is 6.37. The van der Waals surface area contributed by atoms with E-state index in [0.29, 0.717) is 16.6 Å². The Bertz CT molecular complexity index is 448. The van der Waals surface area contributed by atoms with Crippen molar-refractivity contribution in [1.29, 1.82) is 0 Å². The number of allylic oxidation sites excluding steroid dienone is 1. The first-order chi connectivity index (χ1) is 7.40. The van der Waals surface area contributed by atoms with Gasteiger partial charge in [-0.05, 0) is 24.5 Å². The third kappa shape index (κ3) is 2.03. The van der Waals surface area contributed by atoms with Gasteiger partial charge in [0.25, 0.3) is 0 Å². The minimum absolute atomic E-state index is 0.148. The fraction of sp³-hybridized carbons (Fsp3) is 0.308. The van der Waals surface area contributed by atoms with Crippen LogP contribution in [0.5, 0.6) is 5.75 Å². The number of aromatic hydroxyl groups is 1. The Hall–Kier alpha value is -1.51. The van der Waals surface area contributed by atoms with Gasteiger partial charge in [-0.2, -0.15) is 0 Å². The quantitative estimate of drug-likeness (QED) is 0.474. The van der Waals surface area contributed by atoms with Crippen molar-refractivity contribution in [3.05, 3.63) is 35.4 Å². The van der Waals surface area contributed by atoms with Crippen molar-refractivity contribution < 1.29 is 9.90 Å². The fourth-order valence-corrected chi connectivity index (χ4v) is 1.73. The summed E-state index contributed by atoms with van der Waals surface area (Å²) >= 11 is 0. The highest BCUT2D eigenvalue weighted by atomic mass is 16.3. The Balaban J connectivity index is 3.51. The molecule has 0 spiro atoms. The largest absolute Gasteiger partial charge is 0.507 e. The van der Waals surface area contributed by atoms with Gasteiger partial charge in [-0.25, -0.2) is 0 Å². The zero-order valence-electron chi connectivity index (χ0n) is 9.87. The third-order valence-corrected chi connectivity index (χ3v) is 2.66. The minimum atomic E-state index is -0.263. The van der Waals surface area contributed by atoms with Crippen molar-refractivity contribution in [2.45, 2.75) is 26.7 Å². The molecule has 0 unspecified atom stereocenters. The molecule has 0 aliphatic carbocycles. The van der Waals surface area contributed by atoms with Gasteiger partial charge in [0.15, 0.2) is 5.78 Å². The van der Waals surface area contributed by atoms with Gasteiger partial charge < -0.3 is 5.11 Å². The van der Waals surface area contributed by atoms with Crippen LogP contribution in [-0.2, 0) is 0 Å². The van der Waals surface area contributed by atoms with Crippen LogP contribution in [0.4, 0.5) is 0 Å². The van der Waals surface area contributed by atoms with Gasteiger partial charge in [0, 0.05) is 11.1 Å². The first kappa shape index (κ1) is 12.6. The zero-order chi connectivity index (χ0) is 12.5. The Labute approximate surface area is 97.4 Å². The zero-order valence-corrected chi connectivity index (χ0v) is 9.87. The van der Waals surface area contributed by atoms with E-state index in [1.807, 2.05) is 13.8 Å². The average Bonchev–Trinajstić information content (AvgIpc) is 2.22. The van der Waals surface area contributed by atoms with E-state index >= 15 is 0 Å². The standard InChI is InChI=1S/C13H15BO2/c1-5-11(15)12-8(4)13(16)9(7(2)3)6-10(12)14/h5-7,16H,1H2,2-4H3. The van der Waals surface area contributed by atoms with E-state index in [4.69, 9.17) is 7.85 Å². The van der Waals surface area contributed by atoms with Crippen molar-refractivity contribution in [3.8, 4) is 5.75 Å². The molecule has 2 nitrogen and oxygen atoms in total. The first-order valence-electron chi connectivity index (χ1n) is 5.18. The molecule has 1 aromatic carbocycles. The molecule has 0 fully saturated rings. The van der Waals surface area contributed by atoms with E-state index < -0.39 is 0 Å². The van der Waals surface area contributed by atoms with Gasteiger partial charge in [-0.3, -0.25) is 4.79 Å². The number of hydrogen-bond donors (Lipinski definition) is 1. The molecule has 0 aliphatic heterocycles. The van der Waals surface area contributed by atoms with Crippen molar-refractivity contribution in [2.75, 3.05) is 0 Å². The number of benzene rings is 1. The smallest absolute Gasteiger partial charge is 0.185 e. The van der Waals surface area contributed by atoms with Gasteiger partial charge in [-0.15, -0.1) is 0 Å². The van der Waals surface area contributed by atoms with Crippen molar-refractivity contribution in [2.24, 2.45) is 0 Å². The van der Waals surface area contributed by atoms with E-state index in [9.17, 15) is 9.90 Å². The van der Waals surface area contributed by atoms with E-state index in [1.54, 1.807) is 13.0 Å². The molecule has 1 aromatic rings. The average molecular weight is 214 g/mol. The lowest BCUT2D eigenvalue weighted by molar-refractivity contribution is 0.104. The Morgan fingerprint density at radius 3 is 2.56 bits per heavy atom. The maximum absolute atomic E-state index is 11.6. The van der Waals surface area contributed by atoms with E-state index in [-0.39, 0.29) is 17.5 Å². The number of ketones is 1. The second-order valence-corrected chi connectivity index (χ2v) is 4.13. The van der Waals surface area contributed by atoms with Crippen LogP contribution in [0.15, 0.2) is 18.7 Å². The summed E-state index contributed by atoms with van der Waals surface area (Å²) in [6.07, 6.45) is 1.20. The highest BCUT2D eigenvalue weighted by Crippen LogP contribution is 2.29. The predicted octanol–water partition coefficient (Wildman–Crippen LogP) is 1.99. The SMILES string of the molecule is [B]c1cc(C(C)C)c(O)c(C)c1C(=O)C=C. The summed E-state index contributed by atoms with van der Waals surface area (Å²) in [5.74, 6) is 0.0453. The molecular weight excluding hydrogens is 199 g/mol. The summed E-state index contributed by atoms with van der Waals surface area (Å²) in [5, 5.41) is 9.98. The molecular formula is C13H15BO2. The number of phenols is 1. The lowest BCUT2D eigenvalue weighted by atomic mass is 9.82. The monoisotopic (exact) mass is 214 g/mol. The molecule has 0 aromatic heterocycles. The second-order valence-electron chi connectivity index (χ2n) is 4.13. The van der Waals surface area contributed by atoms with Crippen LogP contribution in [-0.4, -0.2) is 18.7 Å². The van der Waals surface area contributed by atoms with Crippen LogP contribution in [0.2, 0.25) is 0 Å². The minimum Gasteiger partial charge on any atom is -0.507 e. The normalized spacial score (nSPS) is 10.5. The molecule has 0 amide bonds. The molecule has 0 saturated carbocycles. The molecule has 82 valence electrons. The highest BCUT2D eigenvalue weighted by Gasteiger charge is 2.17. The molecule has 0 aliphatic rings. The van der Waals surface area contributed by atoms with Crippen molar-refractivity contribution in [3.63, 3.8) is 0 Å². The molecule has 2 radical (unpaired) electrons. The summed E-state index contributed by atoms with van der Waals surface area (Å²) in [7, 11) is 5.83. The van der Waals surface area contributed by atoms with E-state index in [2.05, 4.69) is 6.58 Å². The molecule has 0 saturated heterocycles. The Morgan fingerprint density at radius 1 is 1.56 bits per heavy atom. The van der Waals surface area contributed by atoms with E-state index in [0.717, 1.165) is 5.56 Å². The molecule has 0 bridgehead atoms. The summed E-state index contributed by atoms with van der Waals surface area (Å²) < 4.78 is 0. The number of hydrogen-bond acceptors (Lipinski definition) is 2. The van der Waals surface area contributed by atoms with Gasteiger partial charge in [0.2, 0.25) is 0 Å². The molecule has 1 N–H and O–H groups in total. The number of carbonyl (C=O) groups excluding carboxylic acids is 1. The predicted molar refractivity (Wildman–Crippen MR) is 66.8 cm³/mol. The summed E-state index contributed by atoms with van der Waals surface area (Å²) in [6.45, 7) is 9.03. The number of phenolic OH excluding ortho intramolecular Hbond substituents is 1. The Morgan fingerprint density at radius 2 is 2.12 bits per heavy atom. The number of rotatable bonds is 3. The van der Waals surface area contributed by atoms with Gasteiger partial charge >= 0.3 is 0 Å². The maximum atomic E-state index is 11.6. The molecule has 3 heteroatoms. The van der Waals surface area contributed by atoms with Crippen molar-refractivity contribution >= 4 is 19.1 Å². The number of carbonyl (C=O) groups is 1. The van der Waals surface area contributed by atoms with Gasteiger partial charge in [0.1, 0.15) is 13.6 Å².